The van der Waals surface area contributed by atoms with E-state index in [2.05, 4.69) is 14.8 Å². The maximum Gasteiger partial charge on any atom is 0.387 e. The fourth-order valence-electron chi connectivity index (χ4n) is 6.36. The first-order chi connectivity index (χ1) is 22.4. The molecular formula is C32H29F3N6O5S. The molecule has 3 aromatic carbocycles. The third-order valence-corrected chi connectivity index (χ3v) is 10.2. The summed E-state index contributed by atoms with van der Waals surface area (Å²) < 4.78 is 82.9. The van der Waals surface area contributed by atoms with Crippen LogP contribution in [0.15, 0.2) is 66.9 Å². The number of nitrogens with zero attached hydrogens (tertiary/aromatic N) is 3. The highest BCUT2D eigenvalue weighted by Crippen LogP contribution is 2.43. The number of ketones is 1. The number of carbonyl (C=O) groups is 1. The summed E-state index contributed by atoms with van der Waals surface area (Å²) in [5.41, 5.74) is 7.37. The average Bonchev–Trinajstić information content (AvgIpc) is 3.79. The van der Waals surface area contributed by atoms with Crippen molar-refractivity contribution in [1.82, 2.24) is 19.5 Å². The van der Waals surface area contributed by atoms with E-state index >= 15 is 0 Å². The first kappa shape index (κ1) is 30.6. The summed E-state index contributed by atoms with van der Waals surface area (Å²) in [5.74, 6) is -0.868. The first-order valence-corrected chi connectivity index (χ1v) is 16.2. The normalized spacial score (nSPS) is 16.8. The van der Waals surface area contributed by atoms with Crippen LogP contribution in [0.5, 0.6) is 17.2 Å². The number of benzene rings is 3. The van der Waals surface area contributed by atoms with Gasteiger partial charge in [0.25, 0.3) is 0 Å². The summed E-state index contributed by atoms with van der Waals surface area (Å²) in [6.45, 7) is -1.36. The van der Waals surface area contributed by atoms with E-state index in [-0.39, 0.29) is 40.8 Å². The summed E-state index contributed by atoms with van der Waals surface area (Å²) in [6.07, 6.45) is 4.29. The predicted molar refractivity (Wildman–Crippen MR) is 168 cm³/mol. The number of nitrogens with one attached hydrogen (secondary N) is 2. The third-order valence-electron chi connectivity index (χ3n) is 8.58. The van der Waals surface area contributed by atoms with E-state index in [0.29, 0.717) is 40.7 Å². The number of alkyl halides is 2. The molecule has 244 valence electrons. The quantitative estimate of drug-likeness (QED) is 0.173. The minimum atomic E-state index is -4.04. The molecule has 15 heteroatoms. The van der Waals surface area contributed by atoms with Crippen LogP contribution in [0.2, 0.25) is 0 Å². The molecule has 1 saturated carbocycles. The number of hydrogen-bond acceptors (Lipinski definition) is 7. The van der Waals surface area contributed by atoms with E-state index in [1.54, 1.807) is 37.3 Å². The number of ether oxygens (including phenoxy) is 2. The molecule has 3 heterocycles. The summed E-state index contributed by atoms with van der Waals surface area (Å²) >= 11 is 0. The van der Waals surface area contributed by atoms with Crippen LogP contribution in [0.25, 0.3) is 16.6 Å². The molecule has 5 aromatic rings. The number of carbonyl (C=O) groups excluding carboxylic acids is 1. The average molecular weight is 667 g/mol. The van der Waals surface area contributed by atoms with E-state index in [9.17, 15) is 26.4 Å². The Morgan fingerprint density at radius 3 is 2.53 bits per heavy atom. The van der Waals surface area contributed by atoms with Crippen LogP contribution in [0, 0.1) is 12.7 Å². The second kappa shape index (κ2) is 11.3. The molecular weight excluding hydrogens is 637 g/mol. The van der Waals surface area contributed by atoms with Crippen molar-refractivity contribution in [3.05, 3.63) is 89.5 Å². The number of para-hydroxylation sites is 1. The zero-order chi connectivity index (χ0) is 33.1. The van der Waals surface area contributed by atoms with E-state index < -0.39 is 34.0 Å². The van der Waals surface area contributed by atoms with Gasteiger partial charge in [0.2, 0.25) is 5.78 Å². The van der Waals surface area contributed by atoms with Crippen molar-refractivity contribution >= 4 is 38.4 Å². The number of H-pyrrole nitrogens is 1. The van der Waals surface area contributed by atoms with Crippen molar-refractivity contribution in [1.29, 1.82) is 0 Å². The van der Waals surface area contributed by atoms with Crippen LogP contribution < -0.4 is 24.2 Å². The number of aryl methyl sites for hydroxylation is 1. The second-order valence-corrected chi connectivity index (χ2v) is 13.3. The minimum Gasteiger partial charge on any atom is -0.454 e. The molecule has 1 aliphatic heterocycles. The highest BCUT2D eigenvalue weighted by atomic mass is 32.2. The van der Waals surface area contributed by atoms with E-state index in [0.717, 1.165) is 17.1 Å². The van der Waals surface area contributed by atoms with Gasteiger partial charge in [-0.05, 0) is 73.9 Å². The molecule has 2 aromatic heterocycles. The number of fused-ring (bicyclic) bond motifs is 1. The Bertz CT molecular complexity index is 2140. The van der Waals surface area contributed by atoms with Crippen molar-refractivity contribution in [3.63, 3.8) is 0 Å². The molecule has 4 N–H and O–H groups in total. The SMILES string of the molecule is Cc1cc(Oc2ccccc2F)ccc1-n1ncc(C(=O)c2cc3cc(OC(F)F)c(N4CC5(CCCC5)NS4(=O)=O)cc3[nH]2)c1N. The summed E-state index contributed by atoms with van der Waals surface area (Å²) in [7, 11) is -4.04. The minimum absolute atomic E-state index is 0.0398. The Morgan fingerprint density at radius 2 is 1.81 bits per heavy atom. The Kier molecular flexibility index (Phi) is 7.39. The van der Waals surface area contributed by atoms with Crippen LogP contribution in [0.4, 0.5) is 24.7 Å². The molecule has 2 fully saturated rings. The number of nitrogens with two attached hydrogens (primary N) is 1. The number of anilines is 2. The van der Waals surface area contributed by atoms with E-state index in [1.165, 1.54) is 41.2 Å². The highest BCUT2D eigenvalue weighted by Gasteiger charge is 2.49. The van der Waals surface area contributed by atoms with Crippen molar-refractivity contribution < 1.29 is 35.9 Å². The molecule has 1 spiro atoms. The lowest BCUT2D eigenvalue weighted by Crippen LogP contribution is -2.40. The van der Waals surface area contributed by atoms with Gasteiger partial charge in [-0.3, -0.25) is 9.10 Å². The number of aromatic amines is 1. The number of aromatic nitrogens is 3. The first-order valence-electron chi connectivity index (χ1n) is 14.8. The van der Waals surface area contributed by atoms with Crippen LogP contribution in [-0.4, -0.2) is 47.7 Å². The highest BCUT2D eigenvalue weighted by molar-refractivity contribution is 7.91. The lowest BCUT2D eigenvalue weighted by Gasteiger charge is -2.22. The van der Waals surface area contributed by atoms with Gasteiger partial charge in [-0.1, -0.05) is 25.0 Å². The summed E-state index contributed by atoms with van der Waals surface area (Å²) in [5, 5.41) is 4.66. The standard InChI is InChI=1S/C32H29F3N6O5S/c1-18-12-20(45-27-7-3-2-6-22(27)33)8-9-25(18)41-30(36)21(16-37-41)29(42)24-13-19-14-28(46-31(34)35)26(15-23(19)38-24)40-17-32(10-4-5-11-32)39-47(40,43)44/h2-3,6-9,12-16,31,38-39H,4-5,10-11,17,36H2,1H3. The third kappa shape index (κ3) is 5.54. The smallest absolute Gasteiger partial charge is 0.387 e. The van der Waals surface area contributed by atoms with Crippen LogP contribution in [-0.2, 0) is 10.2 Å². The van der Waals surface area contributed by atoms with Crippen molar-refractivity contribution in [3.8, 4) is 22.9 Å². The largest absolute Gasteiger partial charge is 0.454 e. The number of hydrogen-bond donors (Lipinski definition) is 3. The topological polar surface area (TPSA) is 145 Å². The van der Waals surface area contributed by atoms with Gasteiger partial charge in [-0.15, -0.1) is 0 Å². The van der Waals surface area contributed by atoms with Gasteiger partial charge >= 0.3 is 16.8 Å². The van der Waals surface area contributed by atoms with E-state index in [4.69, 9.17) is 15.2 Å². The van der Waals surface area contributed by atoms with Crippen LogP contribution in [0.3, 0.4) is 0 Å². The van der Waals surface area contributed by atoms with Crippen molar-refractivity contribution in [2.45, 2.75) is 44.8 Å². The predicted octanol–water partition coefficient (Wildman–Crippen LogP) is 5.98. The summed E-state index contributed by atoms with van der Waals surface area (Å²) in [6, 6.07) is 15.1. The van der Waals surface area contributed by atoms with Gasteiger partial charge in [0.05, 0.1) is 40.9 Å². The molecule has 0 unspecified atom stereocenters. The molecule has 1 saturated heterocycles. The lowest BCUT2D eigenvalue weighted by atomic mass is 9.99. The number of halogens is 3. The second-order valence-electron chi connectivity index (χ2n) is 11.7. The fraction of sp³-hybridized carbons (Fsp3) is 0.250. The van der Waals surface area contributed by atoms with Gasteiger partial charge in [0.1, 0.15) is 11.6 Å². The van der Waals surface area contributed by atoms with Gasteiger partial charge in [-0.2, -0.15) is 27.0 Å². The van der Waals surface area contributed by atoms with E-state index in [1.807, 2.05) is 0 Å². The van der Waals surface area contributed by atoms with Gasteiger partial charge in [0.15, 0.2) is 17.3 Å². The summed E-state index contributed by atoms with van der Waals surface area (Å²) in [4.78, 5) is 16.6. The Morgan fingerprint density at radius 1 is 1.04 bits per heavy atom. The van der Waals surface area contributed by atoms with Gasteiger partial charge in [-0.25, -0.2) is 9.07 Å². The lowest BCUT2D eigenvalue weighted by molar-refractivity contribution is -0.0493. The van der Waals surface area contributed by atoms with Crippen molar-refractivity contribution in [2.75, 3.05) is 16.6 Å². The maximum absolute atomic E-state index is 14.1. The molecule has 0 amide bonds. The number of nitrogen functional groups attached to an aromatic ring is 1. The van der Waals surface area contributed by atoms with Gasteiger partial charge in [0, 0.05) is 10.9 Å². The molecule has 11 nitrogen and oxygen atoms in total. The monoisotopic (exact) mass is 666 g/mol. The molecule has 0 radical (unpaired) electrons. The van der Waals surface area contributed by atoms with Crippen molar-refractivity contribution in [2.24, 2.45) is 0 Å². The Labute approximate surface area is 267 Å². The maximum atomic E-state index is 14.1. The fourth-order valence-corrected chi connectivity index (χ4v) is 8.10. The molecule has 47 heavy (non-hydrogen) atoms. The van der Waals surface area contributed by atoms with Gasteiger partial charge < -0.3 is 20.2 Å². The number of rotatable bonds is 8. The van der Waals surface area contributed by atoms with Crippen LogP contribution >= 0.6 is 0 Å². The van der Waals surface area contributed by atoms with Crippen LogP contribution in [0.1, 0.15) is 47.3 Å². The molecule has 7 rings (SSSR count). The zero-order valence-electron chi connectivity index (χ0n) is 25.0. The zero-order valence-corrected chi connectivity index (χ0v) is 25.8. The molecule has 2 aliphatic rings. The molecule has 0 atom stereocenters. The Balaban J connectivity index is 1.19. The molecule has 1 aliphatic carbocycles. The molecule has 0 bridgehead atoms. The Hall–Kier alpha value is -5.02.